The minimum atomic E-state index is -1.15. The van der Waals surface area contributed by atoms with Crippen molar-refractivity contribution in [3.05, 3.63) is 36.1 Å². The lowest BCUT2D eigenvalue weighted by atomic mass is 9.72. The molecule has 2 N–H and O–H groups in total. The summed E-state index contributed by atoms with van der Waals surface area (Å²) < 4.78 is 10.8. The van der Waals surface area contributed by atoms with E-state index in [4.69, 9.17) is 14.3 Å². The van der Waals surface area contributed by atoms with Gasteiger partial charge in [-0.2, -0.15) is 0 Å². The number of hydrogen-bond donors (Lipinski definition) is 2. The number of likely N-dealkylation sites (tertiary alicyclic amines) is 1. The van der Waals surface area contributed by atoms with Crippen LogP contribution >= 0.6 is 0 Å². The van der Waals surface area contributed by atoms with Crippen LogP contribution in [0.25, 0.3) is 11.0 Å². The van der Waals surface area contributed by atoms with Gasteiger partial charge in [0.25, 0.3) is 0 Å². The van der Waals surface area contributed by atoms with Crippen molar-refractivity contribution in [3.63, 3.8) is 0 Å². The van der Waals surface area contributed by atoms with Crippen molar-refractivity contribution in [1.82, 2.24) is 10.2 Å². The van der Waals surface area contributed by atoms with Crippen LogP contribution in [0.3, 0.4) is 0 Å². The molecule has 8 heteroatoms. The molecule has 1 aliphatic heterocycles. The summed E-state index contributed by atoms with van der Waals surface area (Å²) >= 11 is 0. The third kappa shape index (κ3) is 3.79. The summed E-state index contributed by atoms with van der Waals surface area (Å²) in [6, 6.07) is 6.69. The molecule has 1 aromatic carbocycles. The van der Waals surface area contributed by atoms with Gasteiger partial charge in [0.15, 0.2) is 6.23 Å². The second-order valence-corrected chi connectivity index (χ2v) is 7.60. The number of carbonyl (C=O) groups is 3. The molecule has 0 saturated carbocycles. The van der Waals surface area contributed by atoms with Gasteiger partial charge in [0, 0.05) is 5.39 Å². The number of hydrogen-bond acceptors (Lipinski definition) is 5. The number of nitrogens with zero attached hydrogens (tertiary/aromatic N) is 1. The molecular weight excluding hydrogens is 388 g/mol. The highest BCUT2D eigenvalue weighted by atomic mass is 16.5. The van der Waals surface area contributed by atoms with Gasteiger partial charge in [-0.15, -0.1) is 0 Å². The first kappa shape index (κ1) is 21.8. The van der Waals surface area contributed by atoms with Gasteiger partial charge < -0.3 is 19.6 Å². The minimum Gasteiger partial charge on any atom is -0.480 e. The zero-order valence-corrected chi connectivity index (χ0v) is 17.5. The van der Waals surface area contributed by atoms with Gasteiger partial charge in [0.05, 0.1) is 17.7 Å². The number of carboxylic acid groups (broad SMARTS) is 1. The number of imide groups is 1. The van der Waals surface area contributed by atoms with Crippen LogP contribution < -0.4 is 5.32 Å². The molecule has 1 aliphatic rings. The number of furan rings is 1. The molecule has 30 heavy (non-hydrogen) atoms. The molecule has 2 atom stereocenters. The molecule has 3 amide bonds. The Hall–Kier alpha value is -2.87. The van der Waals surface area contributed by atoms with Gasteiger partial charge in [-0.1, -0.05) is 33.3 Å². The molecule has 162 valence electrons. The Morgan fingerprint density at radius 1 is 1.27 bits per heavy atom. The summed E-state index contributed by atoms with van der Waals surface area (Å²) in [7, 11) is 0. The van der Waals surface area contributed by atoms with E-state index in [-0.39, 0.29) is 11.9 Å². The number of rotatable bonds is 9. The molecule has 1 fully saturated rings. The van der Waals surface area contributed by atoms with E-state index >= 15 is 0 Å². The Kier molecular flexibility index (Phi) is 6.45. The third-order valence-electron chi connectivity index (χ3n) is 5.95. The van der Waals surface area contributed by atoms with E-state index < -0.39 is 30.3 Å². The monoisotopic (exact) mass is 416 g/mol. The fraction of sp³-hybridized carbons (Fsp3) is 0.500. The number of fused-ring (bicyclic) bond motifs is 1. The number of benzene rings is 1. The predicted molar refractivity (Wildman–Crippen MR) is 110 cm³/mol. The predicted octanol–water partition coefficient (Wildman–Crippen LogP) is 4.06. The Morgan fingerprint density at radius 2 is 2.00 bits per heavy atom. The topological polar surface area (TPSA) is 109 Å². The molecule has 0 radical (unpaired) electrons. The summed E-state index contributed by atoms with van der Waals surface area (Å²) in [5.74, 6) is -1.48. The normalized spacial score (nSPS) is 18.8. The number of amides is 3. The summed E-state index contributed by atoms with van der Waals surface area (Å²) in [5, 5.41) is 12.9. The number of urea groups is 1. The maximum absolute atomic E-state index is 13.0. The average molecular weight is 416 g/mol. The van der Waals surface area contributed by atoms with E-state index in [1.807, 2.05) is 45.0 Å². The Bertz CT molecular complexity index is 933. The first-order valence-corrected chi connectivity index (χ1v) is 10.3. The maximum atomic E-state index is 13.0. The highest BCUT2D eigenvalue weighted by Gasteiger charge is 2.62. The van der Waals surface area contributed by atoms with Crippen LogP contribution in [0.2, 0.25) is 0 Å². The van der Waals surface area contributed by atoms with Crippen LogP contribution in [0.15, 0.2) is 34.9 Å². The van der Waals surface area contributed by atoms with Crippen LogP contribution in [0.1, 0.15) is 58.1 Å². The SMILES string of the molecule is CCC[C@@H](NC(=O)N1C(=O)C(CC)(CC)C1OCC(=O)O)c1ccc2occc2c1. The van der Waals surface area contributed by atoms with Crippen molar-refractivity contribution in [3.8, 4) is 0 Å². The standard InChI is InChI=1S/C22H28N2O6/c1-4-7-16(14-8-9-17-15(12-14)10-11-29-17)23-21(28)24-19(27)22(5-2,6-3)20(24)30-13-18(25)26/h8-12,16,20H,4-7,13H2,1-3H3,(H,23,28)(H,25,26)/t16-,20?/m1/s1. The summed E-state index contributed by atoms with van der Waals surface area (Å²) in [5.41, 5.74) is 0.798. The number of carboxylic acids is 1. The van der Waals surface area contributed by atoms with Crippen molar-refractivity contribution in [2.75, 3.05) is 6.61 Å². The smallest absolute Gasteiger partial charge is 0.329 e. The van der Waals surface area contributed by atoms with E-state index in [9.17, 15) is 14.4 Å². The fourth-order valence-corrected chi connectivity index (χ4v) is 4.15. The molecular formula is C22H28N2O6. The van der Waals surface area contributed by atoms with Crippen molar-refractivity contribution in [2.45, 2.75) is 58.7 Å². The van der Waals surface area contributed by atoms with E-state index in [0.29, 0.717) is 19.3 Å². The molecule has 1 unspecified atom stereocenters. The second-order valence-electron chi connectivity index (χ2n) is 7.60. The molecule has 1 saturated heterocycles. The van der Waals surface area contributed by atoms with Crippen molar-refractivity contribution in [2.24, 2.45) is 5.41 Å². The van der Waals surface area contributed by atoms with Gasteiger partial charge >= 0.3 is 12.0 Å². The van der Waals surface area contributed by atoms with Crippen molar-refractivity contribution >= 4 is 28.9 Å². The van der Waals surface area contributed by atoms with Crippen LogP contribution in [-0.2, 0) is 14.3 Å². The van der Waals surface area contributed by atoms with Gasteiger partial charge in [-0.3, -0.25) is 4.79 Å². The highest BCUT2D eigenvalue weighted by molar-refractivity contribution is 6.03. The fourth-order valence-electron chi connectivity index (χ4n) is 4.15. The van der Waals surface area contributed by atoms with E-state index in [2.05, 4.69) is 5.32 Å². The summed E-state index contributed by atoms with van der Waals surface area (Å²) in [6.07, 6.45) is 3.16. The quantitative estimate of drug-likeness (QED) is 0.597. The molecule has 3 rings (SSSR count). The highest BCUT2D eigenvalue weighted by Crippen LogP contribution is 2.46. The average Bonchev–Trinajstić information content (AvgIpc) is 3.19. The van der Waals surface area contributed by atoms with Crippen LogP contribution in [0, 0.1) is 5.41 Å². The Labute approximate surface area is 175 Å². The molecule has 0 spiro atoms. The Morgan fingerprint density at radius 3 is 2.63 bits per heavy atom. The minimum absolute atomic E-state index is 0.298. The molecule has 0 aliphatic carbocycles. The molecule has 2 heterocycles. The zero-order valence-electron chi connectivity index (χ0n) is 17.5. The second kappa shape index (κ2) is 8.87. The largest absolute Gasteiger partial charge is 0.480 e. The van der Waals surface area contributed by atoms with Crippen LogP contribution in [0.4, 0.5) is 4.79 Å². The lowest BCUT2D eigenvalue weighted by Crippen LogP contribution is -2.72. The Balaban J connectivity index is 1.81. The third-order valence-corrected chi connectivity index (χ3v) is 5.95. The number of nitrogens with one attached hydrogen (secondary N) is 1. The van der Waals surface area contributed by atoms with Gasteiger partial charge in [-0.05, 0) is 43.0 Å². The van der Waals surface area contributed by atoms with Crippen molar-refractivity contribution < 1.29 is 28.6 Å². The van der Waals surface area contributed by atoms with E-state index in [0.717, 1.165) is 27.9 Å². The van der Waals surface area contributed by atoms with E-state index in [1.54, 1.807) is 6.26 Å². The lowest BCUT2D eigenvalue weighted by Gasteiger charge is -2.53. The summed E-state index contributed by atoms with van der Waals surface area (Å²) in [4.78, 5) is 37.9. The van der Waals surface area contributed by atoms with E-state index in [1.165, 1.54) is 0 Å². The van der Waals surface area contributed by atoms with Gasteiger partial charge in [0.1, 0.15) is 12.2 Å². The lowest BCUT2D eigenvalue weighted by molar-refractivity contribution is -0.213. The molecule has 0 bridgehead atoms. The van der Waals surface area contributed by atoms with Gasteiger partial charge in [0.2, 0.25) is 5.91 Å². The van der Waals surface area contributed by atoms with Crippen LogP contribution in [0.5, 0.6) is 0 Å². The molecule has 1 aromatic heterocycles. The first-order valence-electron chi connectivity index (χ1n) is 10.3. The van der Waals surface area contributed by atoms with Crippen molar-refractivity contribution in [1.29, 1.82) is 0 Å². The first-order chi connectivity index (χ1) is 14.4. The zero-order chi connectivity index (χ0) is 21.9. The number of aliphatic carboxylic acids is 1. The number of carbonyl (C=O) groups excluding carboxylic acids is 2. The molecule has 8 nitrogen and oxygen atoms in total. The van der Waals surface area contributed by atoms with Crippen LogP contribution in [-0.4, -0.2) is 40.7 Å². The van der Waals surface area contributed by atoms with Gasteiger partial charge in [-0.25, -0.2) is 14.5 Å². The maximum Gasteiger partial charge on any atom is 0.329 e. The number of β-lactam (4-membered cyclic amide) rings is 1. The number of ether oxygens (including phenoxy) is 1. The summed E-state index contributed by atoms with van der Waals surface area (Å²) in [6.45, 7) is 5.13. The molecule has 2 aromatic rings.